The Bertz CT molecular complexity index is 217. The maximum Gasteiger partial charge on any atom is 0.0218 e. The van der Waals surface area contributed by atoms with Gasteiger partial charge in [-0.3, -0.25) is 4.90 Å². The van der Waals surface area contributed by atoms with Gasteiger partial charge in [0.15, 0.2) is 0 Å². The van der Waals surface area contributed by atoms with E-state index in [-0.39, 0.29) is 0 Å². The second kappa shape index (κ2) is 6.75. The summed E-state index contributed by atoms with van der Waals surface area (Å²) in [5.74, 6) is 2.00. The fourth-order valence-electron chi connectivity index (χ4n) is 3.67. The molecule has 2 fully saturated rings. The molecule has 0 aromatic carbocycles. The van der Waals surface area contributed by atoms with Crippen molar-refractivity contribution in [2.45, 2.75) is 58.4 Å². The lowest BCUT2D eigenvalue weighted by Crippen LogP contribution is -2.51. The molecule has 0 spiro atoms. The van der Waals surface area contributed by atoms with Crippen LogP contribution in [0.25, 0.3) is 0 Å². The standard InChI is InChI=1S/C15H30N2/c1-3-15-12-16-8-10-17(15)9-7-14-6-4-5-13(2)11-14/h13-16H,3-12H2,1-2H3. The van der Waals surface area contributed by atoms with Crippen molar-refractivity contribution in [2.75, 3.05) is 26.2 Å². The van der Waals surface area contributed by atoms with Crippen molar-refractivity contribution in [1.29, 1.82) is 0 Å². The van der Waals surface area contributed by atoms with Crippen LogP contribution in [-0.4, -0.2) is 37.1 Å². The van der Waals surface area contributed by atoms with Crippen LogP contribution in [0.1, 0.15) is 52.4 Å². The minimum atomic E-state index is 0.796. The zero-order chi connectivity index (χ0) is 12.1. The molecule has 2 rings (SSSR count). The highest BCUT2D eigenvalue weighted by molar-refractivity contribution is 4.80. The Morgan fingerprint density at radius 3 is 2.94 bits per heavy atom. The van der Waals surface area contributed by atoms with Gasteiger partial charge in [0.2, 0.25) is 0 Å². The van der Waals surface area contributed by atoms with Gasteiger partial charge in [-0.15, -0.1) is 0 Å². The first-order valence-electron chi connectivity index (χ1n) is 7.74. The van der Waals surface area contributed by atoms with Crippen LogP contribution in [0.2, 0.25) is 0 Å². The summed E-state index contributed by atoms with van der Waals surface area (Å²) in [4.78, 5) is 2.73. The Hall–Kier alpha value is -0.0800. The zero-order valence-corrected chi connectivity index (χ0v) is 11.8. The number of nitrogens with zero attached hydrogens (tertiary/aromatic N) is 1. The Balaban J connectivity index is 1.72. The molecule has 100 valence electrons. The molecule has 3 atom stereocenters. The zero-order valence-electron chi connectivity index (χ0n) is 11.8. The summed E-state index contributed by atoms with van der Waals surface area (Å²) >= 11 is 0. The lowest BCUT2D eigenvalue weighted by atomic mass is 9.81. The molecule has 3 unspecified atom stereocenters. The molecule has 1 saturated carbocycles. The molecular formula is C15H30N2. The molecule has 2 nitrogen and oxygen atoms in total. The summed E-state index contributed by atoms with van der Waals surface area (Å²) in [5.41, 5.74) is 0. The van der Waals surface area contributed by atoms with E-state index in [1.807, 2.05) is 0 Å². The summed E-state index contributed by atoms with van der Waals surface area (Å²) in [5, 5.41) is 3.52. The smallest absolute Gasteiger partial charge is 0.0218 e. The molecular weight excluding hydrogens is 208 g/mol. The van der Waals surface area contributed by atoms with Gasteiger partial charge in [0.05, 0.1) is 0 Å². The van der Waals surface area contributed by atoms with Crippen molar-refractivity contribution in [3.8, 4) is 0 Å². The average Bonchev–Trinajstić information content (AvgIpc) is 2.37. The topological polar surface area (TPSA) is 15.3 Å². The molecule has 1 N–H and O–H groups in total. The van der Waals surface area contributed by atoms with Crippen LogP contribution in [0.4, 0.5) is 0 Å². The first-order valence-corrected chi connectivity index (χ1v) is 7.74. The fourth-order valence-corrected chi connectivity index (χ4v) is 3.67. The van der Waals surface area contributed by atoms with Crippen molar-refractivity contribution in [3.05, 3.63) is 0 Å². The van der Waals surface area contributed by atoms with Gasteiger partial charge >= 0.3 is 0 Å². The highest BCUT2D eigenvalue weighted by Gasteiger charge is 2.23. The molecule has 1 aliphatic heterocycles. The van der Waals surface area contributed by atoms with E-state index in [2.05, 4.69) is 24.1 Å². The molecule has 1 heterocycles. The normalized spacial score (nSPS) is 36.0. The maximum atomic E-state index is 3.52. The molecule has 2 aliphatic rings. The predicted octanol–water partition coefficient (Wildman–Crippen LogP) is 2.89. The minimum Gasteiger partial charge on any atom is -0.314 e. The van der Waals surface area contributed by atoms with Crippen LogP contribution in [-0.2, 0) is 0 Å². The van der Waals surface area contributed by atoms with Crippen LogP contribution >= 0.6 is 0 Å². The van der Waals surface area contributed by atoms with Crippen molar-refractivity contribution >= 4 is 0 Å². The molecule has 0 aromatic rings. The monoisotopic (exact) mass is 238 g/mol. The van der Waals surface area contributed by atoms with Crippen molar-refractivity contribution in [1.82, 2.24) is 10.2 Å². The quantitative estimate of drug-likeness (QED) is 0.810. The van der Waals surface area contributed by atoms with E-state index in [1.54, 1.807) is 0 Å². The van der Waals surface area contributed by atoms with Crippen molar-refractivity contribution in [3.63, 3.8) is 0 Å². The van der Waals surface area contributed by atoms with E-state index in [0.29, 0.717) is 0 Å². The molecule has 0 aromatic heterocycles. The van der Waals surface area contributed by atoms with Crippen LogP contribution in [0.5, 0.6) is 0 Å². The van der Waals surface area contributed by atoms with E-state index >= 15 is 0 Å². The lowest BCUT2D eigenvalue weighted by Gasteiger charge is -2.37. The Kier molecular flexibility index (Phi) is 5.30. The summed E-state index contributed by atoms with van der Waals surface area (Å²) in [7, 11) is 0. The maximum absolute atomic E-state index is 3.52. The van der Waals surface area contributed by atoms with E-state index in [1.165, 1.54) is 64.7 Å². The van der Waals surface area contributed by atoms with Gasteiger partial charge in [-0.2, -0.15) is 0 Å². The number of hydrogen-bond donors (Lipinski definition) is 1. The third-order valence-corrected chi connectivity index (χ3v) is 4.81. The number of nitrogens with one attached hydrogen (secondary N) is 1. The Morgan fingerprint density at radius 2 is 2.18 bits per heavy atom. The van der Waals surface area contributed by atoms with Crippen LogP contribution in [0.15, 0.2) is 0 Å². The Labute approximate surface area is 107 Å². The number of piperazine rings is 1. The van der Waals surface area contributed by atoms with Gasteiger partial charge < -0.3 is 5.32 Å². The summed E-state index contributed by atoms with van der Waals surface area (Å²) in [6.07, 6.45) is 8.68. The van der Waals surface area contributed by atoms with Crippen LogP contribution in [0.3, 0.4) is 0 Å². The molecule has 0 radical (unpaired) electrons. The van der Waals surface area contributed by atoms with Gasteiger partial charge in [0, 0.05) is 25.7 Å². The molecule has 0 amide bonds. The van der Waals surface area contributed by atoms with E-state index in [4.69, 9.17) is 0 Å². The second-order valence-electron chi connectivity index (χ2n) is 6.23. The molecule has 1 saturated heterocycles. The van der Waals surface area contributed by atoms with Crippen molar-refractivity contribution < 1.29 is 0 Å². The largest absolute Gasteiger partial charge is 0.314 e. The minimum absolute atomic E-state index is 0.796. The predicted molar refractivity (Wildman–Crippen MR) is 74.3 cm³/mol. The van der Waals surface area contributed by atoms with Gasteiger partial charge in [0.1, 0.15) is 0 Å². The summed E-state index contributed by atoms with van der Waals surface area (Å²) in [6, 6.07) is 0.796. The third-order valence-electron chi connectivity index (χ3n) is 4.81. The van der Waals surface area contributed by atoms with E-state index < -0.39 is 0 Å². The Morgan fingerprint density at radius 1 is 1.29 bits per heavy atom. The summed E-state index contributed by atoms with van der Waals surface area (Å²) in [6.45, 7) is 9.77. The fraction of sp³-hybridized carbons (Fsp3) is 1.00. The van der Waals surface area contributed by atoms with Gasteiger partial charge in [-0.1, -0.05) is 33.1 Å². The number of hydrogen-bond acceptors (Lipinski definition) is 2. The van der Waals surface area contributed by atoms with E-state index in [0.717, 1.165) is 17.9 Å². The highest BCUT2D eigenvalue weighted by Crippen LogP contribution is 2.31. The number of rotatable bonds is 4. The van der Waals surface area contributed by atoms with E-state index in [9.17, 15) is 0 Å². The summed E-state index contributed by atoms with van der Waals surface area (Å²) < 4.78 is 0. The van der Waals surface area contributed by atoms with Gasteiger partial charge in [0.25, 0.3) is 0 Å². The van der Waals surface area contributed by atoms with Crippen LogP contribution < -0.4 is 5.32 Å². The molecule has 17 heavy (non-hydrogen) atoms. The third kappa shape index (κ3) is 3.96. The lowest BCUT2D eigenvalue weighted by molar-refractivity contribution is 0.137. The first-order chi connectivity index (χ1) is 8.29. The van der Waals surface area contributed by atoms with Crippen LogP contribution in [0, 0.1) is 11.8 Å². The SMILES string of the molecule is CCC1CNCCN1CCC1CCCC(C)C1. The molecule has 2 heteroatoms. The van der Waals surface area contributed by atoms with Crippen molar-refractivity contribution in [2.24, 2.45) is 11.8 Å². The van der Waals surface area contributed by atoms with Gasteiger partial charge in [-0.05, 0) is 37.6 Å². The van der Waals surface area contributed by atoms with Gasteiger partial charge in [-0.25, -0.2) is 0 Å². The average molecular weight is 238 g/mol. The highest BCUT2D eigenvalue weighted by atomic mass is 15.2. The molecule has 0 bridgehead atoms. The second-order valence-corrected chi connectivity index (χ2v) is 6.23. The molecule has 1 aliphatic carbocycles. The first kappa shape index (κ1) is 13.4.